The van der Waals surface area contributed by atoms with Gasteiger partial charge in [-0.2, -0.15) is 11.8 Å². The van der Waals surface area contributed by atoms with E-state index in [1.165, 1.54) is 0 Å². The number of hydrogen-bond acceptors (Lipinski definition) is 3. The summed E-state index contributed by atoms with van der Waals surface area (Å²) < 4.78 is 5.43. The lowest BCUT2D eigenvalue weighted by Gasteiger charge is -2.33. The minimum Gasteiger partial charge on any atom is -0.445 e. The molecule has 4 heteroatoms. The quantitative estimate of drug-likeness (QED) is 0.821. The van der Waals surface area contributed by atoms with Crippen molar-refractivity contribution in [3.05, 3.63) is 35.9 Å². The van der Waals surface area contributed by atoms with Crippen molar-refractivity contribution in [3.8, 4) is 0 Å². The molecule has 0 spiro atoms. The number of carbonyl (C=O) groups is 1. The number of carbonyl (C=O) groups excluding carboxylic acids is 1. The molecule has 3 nitrogen and oxygen atoms in total. The maximum Gasteiger partial charge on any atom is 0.410 e. The molecule has 0 aromatic heterocycles. The molecule has 2 atom stereocenters. The Balaban J connectivity index is 1.59. The minimum atomic E-state index is -0.133. The Hall–Kier alpha value is -1.16. The summed E-state index contributed by atoms with van der Waals surface area (Å²) in [5, 5.41) is 0. The zero-order chi connectivity index (χ0) is 12.4. The van der Waals surface area contributed by atoms with Crippen LogP contribution in [0.5, 0.6) is 0 Å². The third kappa shape index (κ3) is 2.34. The second-order valence-electron chi connectivity index (χ2n) is 4.87. The zero-order valence-corrected chi connectivity index (χ0v) is 11.1. The number of ether oxygens (including phenoxy) is 1. The third-order valence-electron chi connectivity index (χ3n) is 3.66. The predicted molar refractivity (Wildman–Crippen MR) is 72.6 cm³/mol. The highest BCUT2D eigenvalue weighted by Gasteiger charge is 2.40. The fraction of sp³-hybridized carbons (Fsp3) is 0.500. The van der Waals surface area contributed by atoms with Gasteiger partial charge >= 0.3 is 6.09 Å². The molecule has 3 rings (SSSR count). The number of rotatable bonds is 2. The summed E-state index contributed by atoms with van der Waals surface area (Å²) in [7, 11) is 0. The smallest absolute Gasteiger partial charge is 0.410 e. The summed E-state index contributed by atoms with van der Waals surface area (Å²) >= 11 is 1.96. The van der Waals surface area contributed by atoms with Crippen molar-refractivity contribution in [3.63, 3.8) is 0 Å². The van der Waals surface area contributed by atoms with Gasteiger partial charge in [0.25, 0.3) is 0 Å². The Bertz CT molecular complexity index is 407. The molecule has 2 bridgehead atoms. The summed E-state index contributed by atoms with van der Waals surface area (Å²) in [6.45, 7) is 0.378. The van der Waals surface area contributed by atoms with Crippen LogP contribution in [0.3, 0.4) is 0 Å². The van der Waals surface area contributed by atoms with Gasteiger partial charge in [-0.1, -0.05) is 30.3 Å². The molecule has 0 radical (unpaired) electrons. The first-order valence-corrected chi connectivity index (χ1v) is 7.57. The summed E-state index contributed by atoms with van der Waals surface area (Å²) in [5.41, 5.74) is 1.05. The Morgan fingerprint density at radius 3 is 2.56 bits per heavy atom. The zero-order valence-electron chi connectivity index (χ0n) is 10.2. The van der Waals surface area contributed by atoms with E-state index in [1.54, 1.807) is 0 Å². The van der Waals surface area contributed by atoms with Crippen molar-refractivity contribution < 1.29 is 9.53 Å². The molecule has 96 valence electrons. The van der Waals surface area contributed by atoms with Crippen molar-refractivity contribution in [2.24, 2.45) is 0 Å². The standard InChI is InChI=1S/C14H17NO2S/c16-14(17-8-11-4-2-1-3-5-11)15-12-6-7-13(15)10-18-9-12/h1-5,12-13H,6-10H2/t12-,13+. The molecule has 0 N–H and O–H groups in total. The fourth-order valence-corrected chi connectivity index (χ4v) is 4.06. The Labute approximate surface area is 111 Å². The van der Waals surface area contributed by atoms with Gasteiger partial charge in [-0.15, -0.1) is 0 Å². The summed E-state index contributed by atoms with van der Waals surface area (Å²) in [5.74, 6) is 2.13. The Morgan fingerprint density at radius 2 is 1.89 bits per heavy atom. The van der Waals surface area contributed by atoms with Crippen LogP contribution in [0.4, 0.5) is 4.79 Å². The number of hydrogen-bond donors (Lipinski definition) is 0. The topological polar surface area (TPSA) is 29.5 Å². The van der Waals surface area contributed by atoms with Crippen LogP contribution in [0.15, 0.2) is 30.3 Å². The Kier molecular flexibility index (Phi) is 3.46. The highest BCUT2D eigenvalue weighted by molar-refractivity contribution is 7.99. The monoisotopic (exact) mass is 263 g/mol. The van der Waals surface area contributed by atoms with Crippen LogP contribution in [0.25, 0.3) is 0 Å². The van der Waals surface area contributed by atoms with Gasteiger partial charge in [-0.05, 0) is 18.4 Å². The number of nitrogens with zero attached hydrogens (tertiary/aromatic N) is 1. The van der Waals surface area contributed by atoms with Crippen LogP contribution >= 0.6 is 11.8 Å². The Morgan fingerprint density at radius 1 is 1.22 bits per heavy atom. The predicted octanol–water partition coefficient (Wildman–Crippen LogP) is 2.90. The van der Waals surface area contributed by atoms with E-state index in [0.717, 1.165) is 29.9 Å². The molecule has 1 aromatic carbocycles. The van der Waals surface area contributed by atoms with Crippen molar-refractivity contribution >= 4 is 17.9 Å². The SMILES string of the molecule is O=C(OCc1ccccc1)N1[C@@H]2CC[C@H]1CSC2. The van der Waals surface area contributed by atoms with E-state index in [-0.39, 0.29) is 6.09 Å². The molecular formula is C14H17NO2S. The minimum absolute atomic E-state index is 0.133. The van der Waals surface area contributed by atoms with Crippen LogP contribution in [0.2, 0.25) is 0 Å². The largest absolute Gasteiger partial charge is 0.445 e. The van der Waals surface area contributed by atoms with E-state index >= 15 is 0 Å². The van der Waals surface area contributed by atoms with Crippen LogP contribution in [-0.4, -0.2) is 34.6 Å². The van der Waals surface area contributed by atoms with Gasteiger partial charge in [-0.3, -0.25) is 0 Å². The first-order chi connectivity index (χ1) is 8.84. The third-order valence-corrected chi connectivity index (χ3v) is 4.90. The van der Waals surface area contributed by atoms with Crippen molar-refractivity contribution in [1.82, 2.24) is 4.90 Å². The lowest BCUT2D eigenvalue weighted by Crippen LogP contribution is -2.46. The van der Waals surface area contributed by atoms with E-state index in [2.05, 4.69) is 0 Å². The first kappa shape index (κ1) is 11.9. The summed E-state index contributed by atoms with van der Waals surface area (Å²) in [6.07, 6.45) is 2.14. The number of amides is 1. The highest BCUT2D eigenvalue weighted by Crippen LogP contribution is 2.34. The molecule has 18 heavy (non-hydrogen) atoms. The molecule has 2 heterocycles. The highest BCUT2D eigenvalue weighted by atomic mass is 32.2. The van der Waals surface area contributed by atoms with Gasteiger partial charge in [0.1, 0.15) is 6.61 Å². The van der Waals surface area contributed by atoms with Crippen LogP contribution < -0.4 is 0 Å². The van der Waals surface area contributed by atoms with E-state index in [0.29, 0.717) is 18.7 Å². The lowest BCUT2D eigenvalue weighted by atomic mass is 10.2. The van der Waals surface area contributed by atoms with Gasteiger partial charge in [0.15, 0.2) is 0 Å². The average molecular weight is 263 g/mol. The molecule has 2 saturated heterocycles. The molecule has 0 saturated carbocycles. The molecule has 0 aliphatic carbocycles. The average Bonchev–Trinajstić information content (AvgIpc) is 2.67. The maximum absolute atomic E-state index is 12.1. The van der Waals surface area contributed by atoms with E-state index in [4.69, 9.17) is 4.74 Å². The molecular weight excluding hydrogens is 246 g/mol. The molecule has 0 unspecified atom stereocenters. The van der Waals surface area contributed by atoms with Crippen LogP contribution in [-0.2, 0) is 11.3 Å². The number of fused-ring (bicyclic) bond motifs is 2. The molecule has 2 fully saturated rings. The second kappa shape index (κ2) is 5.22. The van der Waals surface area contributed by atoms with E-state index in [1.807, 2.05) is 47.0 Å². The van der Waals surface area contributed by atoms with Crippen molar-refractivity contribution in [2.75, 3.05) is 11.5 Å². The maximum atomic E-state index is 12.1. The molecule has 2 aliphatic rings. The van der Waals surface area contributed by atoms with E-state index in [9.17, 15) is 4.79 Å². The van der Waals surface area contributed by atoms with Crippen molar-refractivity contribution in [2.45, 2.75) is 31.5 Å². The van der Waals surface area contributed by atoms with Crippen LogP contribution in [0.1, 0.15) is 18.4 Å². The summed E-state index contributed by atoms with van der Waals surface area (Å²) in [4.78, 5) is 14.1. The van der Waals surface area contributed by atoms with Crippen LogP contribution in [0, 0.1) is 0 Å². The number of benzene rings is 1. The fourth-order valence-electron chi connectivity index (χ4n) is 2.72. The lowest BCUT2D eigenvalue weighted by molar-refractivity contribution is 0.0831. The normalized spacial score (nSPS) is 26.1. The van der Waals surface area contributed by atoms with Gasteiger partial charge in [0.2, 0.25) is 0 Å². The van der Waals surface area contributed by atoms with Crippen molar-refractivity contribution in [1.29, 1.82) is 0 Å². The van der Waals surface area contributed by atoms with Gasteiger partial charge in [-0.25, -0.2) is 4.79 Å². The van der Waals surface area contributed by atoms with Gasteiger partial charge in [0.05, 0.1) is 0 Å². The second-order valence-corrected chi connectivity index (χ2v) is 5.94. The molecule has 1 aromatic rings. The summed E-state index contributed by atoms with van der Waals surface area (Å²) in [6, 6.07) is 10.7. The van der Waals surface area contributed by atoms with E-state index < -0.39 is 0 Å². The molecule has 2 aliphatic heterocycles. The van der Waals surface area contributed by atoms with Gasteiger partial charge in [0, 0.05) is 23.6 Å². The van der Waals surface area contributed by atoms with Gasteiger partial charge < -0.3 is 9.64 Å². The first-order valence-electron chi connectivity index (χ1n) is 6.41. The number of thioether (sulfide) groups is 1. The molecule has 1 amide bonds.